The monoisotopic (exact) mass is 209 g/mol. The molecule has 15 heavy (non-hydrogen) atoms. The Morgan fingerprint density at radius 2 is 1.87 bits per heavy atom. The first-order chi connectivity index (χ1) is 7.15. The molecule has 0 radical (unpaired) electrons. The molecule has 3 heteroatoms. The van der Waals surface area contributed by atoms with Crippen LogP contribution in [-0.2, 0) is 17.8 Å². The summed E-state index contributed by atoms with van der Waals surface area (Å²) in [6.07, 6.45) is 0.855. The molecule has 0 heterocycles. The van der Waals surface area contributed by atoms with Gasteiger partial charge in [0.15, 0.2) is 0 Å². The summed E-state index contributed by atoms with van der Waals surface area (Å²) in [4.78, 5) is 0. The van der Waals surface area contributed by atoms with Crippen LogP contribution in [0.15, 0.2) is 18.2 Å². The fourth-order valence-electron chi connectivity index (χ4n) is 1.59. The highest BCUT2D eigenvalue weighted by Gasteiger charge is 2.03. The molecule has 0 bridgehead atoms. The first kappa shape index (κ1) is 12.0. The van der Waals surface area contributed by atoms with E-state index in [1.165, 1.54) is 5.56 Å². The summed E-state index contributed by atoms with van der Waals surface area (Å²) in [6, 6.07) is 6.26. The molecule has 0 amide bonds. The van der Waals surface area contributed by atoms with E-state index in [1.807, 2.05) is 19.1 Å². The summed E-state index contributed by atoms with van der Waals surface area (Å²) in [7, 11) is 3.35. The third-order valence-corrected chi connectivity index (χ3v) is 2.13. The maximum Gasteiger partial charge on any atom is 0.119 e. The summed E-state index contributed by atoms with van der Waals surface area (Å²) in [5.41, 5.74) is 8.08. The number of ether oxygens (including phenoxy) is 2. The molecular formula is C12H19NO2. The molecule has 0 spiro atoms. The van der Waals surface area contributed by atoms with E-state index < -0.39 is 0 Å². The highest BCUT2D eigenvalue weighted by molar-refractivity contribution is 5.34. The van der Waals surface area contributed by atoms with Crippen molar-refractivity contribution in [2.75, 3.05) is 14.2 Å². The summed E-state index contributed by atoms with van der Waals surface area (Å²) in [5.74, 6) is 0.861. The van der Waals surface area contributed by atoms with Crippen molar-refractivity contribution in [1.82, 2.24) is 0 Å². The number of benzene rings is 1. The normalized spacial score (nSPS) is 12.5. The van der Waals surface area contributed by atoms with Gasteiger partial charge in [0.25, 0.3) is 0 Å². The summed E-state index contributed by atoms with van der Waals surface area (Å²) in [6.45, 7) is 2.60. The molecule has 0 fully saturated rings. The number of nitrogens with two attached hydrogens (primary N) is 1. The Bertz CT molecular complexity index is 310. The van der Waals surface area contributed by atoms with Crippen molar-refractivity contribution in [2.24, 2.45) is 5.73 Å². The average Bonchev–Trinajstić information content (AvgIpc) is 2.16. The van der Waals surface area contributed by atoms with Crippen molar-refractivity contribution in [3.63, 3.8) is 0 Å². The van der Waals surface area contributed by atoms with Gasteiger partial charge in [-0.1, -0.05) is 6.07 Å². The van der Waals surface area contributed by atoms with Crippen molar-refractivity contribution < 1.29 is 9.47 Å². The molecule has 0 saturated heterocycles. The molecule has 1 aromatic rings. The first-order valence-electron chi connectivity index (χ1n) is 5.07. The Balaban J connectivity index is 2.89. The minimum absolute atomic E-state index is 0.160. The number of rotatable bonds is 5. The van der Waals surface area contributed by atoms with Crippen LogP contribution in [0.1, 0.15) is 18.1 Å². The van der Waals surface area contributed by atoms with Crippen molar-refractivity contribution in [1.29, 1.82) is 0 Å². The Morgan fingerprint density at radius 3 is 2.40 bits per heavy atom. The minimum Gasteiger partial charge on any atom is -0.497 e. The molecule has 0 aliphatic heterocycles. The lowest BCUT2D eigenvalue weighted by molar-refractivity contribution is 0.184. The highest BCUT2D eigenvalue weighted by atomic mass is 16.5. The Labute approximate surface area is 91.2 Å². The van der Waals surface area contributed by atoms with Gasteiger partial charge in [-0.25, -0.2) is 0 Å². The van der Waals surface area contributed by atoms with Crippen LogP contribution in [0.25, 0.3) is 0 Å². The lowest BCUT2D eigenvalue weighted by Crippen LogP contribution is -2.17. The molecule has 0 aliphatic carbocycles. The Kier molecular flexibility index (Phi) is 4.59. The van der Waals surface area contributed by atoms with Gasteiger partial charge in [-0.15, -0.1) is 0 Å². The minimum atomic E-state index is 0.160. The molecule has 1 atom stereocenters. The molecular weight excluding hydrogens is 190 g/mol. The molecule has 1 aromatic carbocycles. The van der Waals surface area contributed by atoms with E-state index in [9.17, 15) is 0 Å². The first-order valence-corrected chi connectivity index (χ1v) is 5.07. The van der Waals surface area contributed by atoms with Crippen molar-refractivity contribution >= 4 is 0 Å². The van der Waals surface area contributed by atoms with Crippen LogP contribution in [0.4, 0.5) is 0 Å². The maximum absolute atomic E-state index is 5.77. The quantitative estimate of drug-likeness (QED) is 0.803. The summed E-state index contributed by atoms with van der Waals surface area (Å²) < 4.78 is 10.3. The highest BCUT2D eigenvalue weighted by Crippen LogP contribution is 2.18. The summed E-state index contributed by atoms with van der Waals surface area (Å²) in [5, 5.41) is 0. The number of hydrogen-bond donors (Lipinski definition) is 1. The lowest BCUT2D eigenvalue weighted by atomic mass is 10.0. The van der Waals surface area contributed by atoms with E-state index in [1.54, 1.807) is 14.2 Å². The predicted octanol–water partition coefficient (Wildman–Crippen LogP) is 1.73. The van der Waals surface area contributed by atoms with Crippen molar-refractivity contribution in [3.05, 3.63) is 29.3 Å². The molecule has 1 rings (SSSR count). The van der Waals surface area contributed by atoms with E-state index >= 15 is 0 Å². The van der Waals surface area contributed by atoms with Crippen LogP contribution in [0.5, 0.6) is 5.75 Å². The van der Waals surface area contributed by atoms with E-state index in [0.717, 1.165) is 17.7 Å². The maximum atomic E-state index is 5.77. The SMILES string of the molecule is COCc1cc(CC(C)N)cc(OC)c1. The Morgan fingerprint density at radius 1 is 1.20 bits per heavy atom. The summed E-state index contributed by atoms with van der Waals surface area (Å²) >= 11 is 0. The topological polar surface area (TPSA) is 44.5 Å². The van der Waals surface area contributed by atoms with Crippen LogP contribution in [-0.4, -0.2) is 20.3 Å². The van der Waals surface area contributed by atoms with Gasteiger partial charge >= 0.3 is 0 Å². The van der Waals surface area contributed by atoms with E-state index in [-0.39, 0.29) is 6.04 Å². The van der Waals surface area contributed by atoms with Crippen LogP contribution in [0.3, 0.4) is 0 Å². The van der Waals surface area contributed by atoms with E-state index in [0.29, 0.717) is 6.61 Å². The van der Waals surface area contributed by atoms with Crippen molar-refractivity contribution in [3.8, 4) is 5.75 Å². The third kappa shape index (κ3) is 3.90. The third-order valence-electron chi connectivity index (χ3n) is 2.13. The van der Waals surface area contributed by atoms with Crippen LogP contribution < -0.4 is 10.5 Å². The van der Waals surface area contributed by atoms with Crippen LogP contribution in [0, 0.1) is 0 Å². The van der Waals surface area contributed by atoms with Gasteiger partial charge in [0.05, 0.1) is 13.7 Å². The zero-order valence-electron chi connectivity index (χ0n) is 9.62. The largest absolute Gasteiger partial charge is 0.497 e. The lowest BCUT2D eigenvalue weighted by Gasteiger charge is -2.10. The zero-order valence-corrected chi connectivity index (χ0v) is 9.62. The van der Waals surface area contributed by atoms with Gasteiger partial charge in [0, 0.05) is 13.2 Å². The molecule has 0 saturated carbocycles. The second-order valence-electron chi connectivity index (χ2n) is 3.80. The molecule has 0 aliphatic rings. The smallest absolute Gasteiger partial charge is 0.119 e. The van der Waals surface area contributed by atoms with Gasteiger partial charge in [-0.3, -0.25) is 0 Å². The molecule has 84 valence electrons. The van der Waals surface area contributed by atoms with Gasteiger partial charge < -0.3 is 15.2 Å². The molecule has 1 unspecified atom stereocenters. The number of hydrogen-bond acceptors (Lipinski definition) is 3. The fourth-order valence-corrected chi connectivity index (χ4v) is 1.59. The van der Waals surface area contributed by atoms with Gasteiger partial charge in [0.1, 0.15) is 5.75 Å². The Hall–Kier alpha value is -1.06. The van der Waals surface area contributed by atoms with E-state index in [4.69, 9.17) is 15.2 Å². The standard InChI is InChI=1S/C12H19NO2/c1-9(13)4-10-5-11(8-14-2)7-12(6-10)15-3/h5-7,9H,4,8,13H2,1-3H3. The van der Waals surface area contributed by atoms with Crippen molar-refractivity contribution in [2.45, 2.75) is 26.0 Å². The molecule has 2 N–H and O–H groups in total. The van der Waals surface area contributed by atoms with Crippen LogP contribution >= 0.6 is 0 Å². The second kappa shape index (κ2) is 5.73. The van der Waals surface area contributed by atoms with E-state index in [2.05, 4.69) is 6.07 Å². The molecule has 3 nitrogen and oxygen atoms in total. The number of methoxy groups -OCH3 is 2. The zero-order chi connectivity index (χ0) is 11.3. The predicted molar refractivity (Wildman–Crippen MR) is 61.1 cm³/mol. The second-order valence-corrected chi connectivity index (χ2v) is 3.80. The van der Waals surface area contributed by atoms with Crippen LogP contribution in [0.2, 0.25) is 0 Å². The fraction of sp³-hybridized carbons (Fsp3) is 0.500. The molecule has 0 aromatic heterocycles. The average molecular weight is 209 g/mol. The van der Waals surface area contributed by atoms with Gasteiger partial charge in [-0.05, 0) is 36.6 Å². The van der Waals surface area contributed by atoms with Gasteiger partial charge in [-0.2, -0.15) is 0 Å². The van der Waals surface area contributed by atoms with Gasteiger partial charge in [0.2, 0.25) is 0 Å².